The molecule has 4 rings (SSSR count). The summed E-state index contributed by atoms with van der Waals surface area (Å²) >= 11 is 7.84. The Hall–Kier alpha value is -2.39. The number of amides is 1. The van der Waals surface area contributed by atoms with E-state index in [2.05, 4.69) is 4.90 Å². The van der Waals surface area contributed by atoms with Crippen LogP contribution in [0.15, 0.2) is 30.3 Å². The summed E-state index contributed by atoms with van der Waals surface area (Å²) in [6.45, 7) is 11.6. The molecule has 1 saturated heterocycles. The summed E-state index contributed by atoms with van der Waals surface area (Å²) in [6.07, 6.45) is 0.830. The molecule has 1 aliphatic heterocycles. The summed E-state index contributed by atoms with van der Waals surface area (Å²) in [5.74, 6) is 1.09. The topological polar surface area (TPSA) is 64.1 Å². The number of carbonyl (C=O) groups excluding carboxylic acids is 1. The fourth-order valence-electron chi connectivity index (χ4n) is 4.11. The lowest BCUT2D eigenvalue weighted by Crippen LogP contribution is -2.39. The molecule has 0 saturated carbocycles. The van der Waals surface area contributed by atoms with Gasteiger partial charge in [0, 0.05) is 36.8 Å². The first-order chi connectivity index (χ1) is 17.0. The van der Waals surface area contributed by atoms with Crippen LogP contribution in [-0.2, 0) is 4.74 Å². The van der Waals surface area contributed by atoms with Gasteiger partial charge in [-0.25, -0.2) is 4.98 Å². The van der Waals surface area contributed by atoms with Crippen molar-refractivity contribution in [2.45, 2.75) is 27.2 Å². The number of nitrogens with zero attached hydrogens (tertiary/aromatic N) is 3. The molecular formula is C26H32ClN3O4S. The molecule has 1 aliphatic rings. The number of hydrogen-bond donors (Lipinski definition) is 0. The van der Waals surface area contributed by atoms with Crippen molar-refractivity contribution in [2.24, 2.45) is 0 Å². The van der Waals surface area contributed by atoms with E-state index >= 15 is 0 Å². The Bertz CT molecular complexity index is 1160. The first-order valence-electron chi connectivity index (χ1n) is 12.1. The van der Waals surface area contributed by atoms with Gasteiger partial charge in [-0.3, -0.25) is 14.6 Å². The molecule has 2 heterocycles. The lowest BCUT2D eigenvalue weighted by atomic mass is 10.1. The second-order valence-electron chi connectivity index (χ2n) is 8.31. The van der Waals surface area contributed by atoms with Gasteiger partial charge in [0.2, 0.25) is 0 Å². The first kappa shape index (κ1) is 25.7. The summed E-state index contributed by atoms with van der Waals surface area (Å²) in [5.41, 5.74) is 2.30. The van der Waals surface area contributed by atoms with Crippen molar-refractivity contribution in [1.82, 2.24) is 9.88 Å². The maximum atomic E-state index is 13.8. The number of anilines is 1. The number of fused-ring (bicyclic) bond motifs is 1. The van der Waals surface area contributed by atoms with Gasteiger partial charge in [-0.05, 0) is 63.1 Å². The third kappa shape index (κ3) is 6.06. The van der Waals surface area contributed by atoms with E-state index in [4.69, 9.17) is 30.8 Å². The molecule has 35 heavy (non-hydrogen) atoms. The fourth-order valence-corrected chi connectivity index (χ4v) is 5.31. The molecule has 1 fully saturated rings. The molecule has 0 aliphatic carbocycles. The number of benzene rings is 2. The summed E-state index contributed by atoms with van der Waals surface area (Å²) in [7, 11) is 0. The van der Waals surface area contributed by atoms with Crippen molar-refractivity contribution >= 4 is 44.2 Å². The molecule has 3 aromatic rings. The normalized spacial score (nSPS) is 14.3. The van der Waals surface area contributed by atoms with Crippen molar-refractivity contribution in [2.75, 3.05) is 57.5 Å². The molecular weight excluding hydrogens is 486 g/mol. The SMILES string of the molecule is CCOc1ccc(C(=O)N(CCCN2CCOCC2)c2nc3c(C)c(Cl)ccc3s2)cc1OCC. The number of hydrogen-bond acceptors (Lipinski definition) is 7. The van der Waals surface area contributed by atoms with Crippen molar-refractivity contribution in [3.05, 3.63) is 46.5 Å². The Morgan fingerprint density at radius 3 is 2.63 bits per heavy atom. The zero-order valence-corrected chi connectivity index (χ0v) is 22.1. The van der Waals surface area contributed by atoms with Crippen LogP contribution < -0.4 is 14.4 Å². The van der Waals surface area contributed by atoms with Crippen LogP contribution in [0.25, 0.3) is 10.2 Å². The summed E-state index contributed by atoms with van der Waals surface area (Å²) in [5, 5.41) is 1.34. The van der Waals surface area contributed by atoms with Crippen LogP contribution in [0.3, 0.4) is 0 Å². The van der Waals surface area contributed by atoms with Gasteiger partial charge in [-0.15, -0.1) is 0 Å². The largest absolute Gasteiger partial charge is 0.490 e. The van der Waals surface area contributed by atoms with Gasteiger partial charge in [0.15, 0.2) is 16.6 Å². The molecule has 1 amide bonds. The molecule has 2 aromatic carbocycles. The van der Waals surface area contributed by atoms with E-state index in [9.17, 15) is 4.79 Å². The van der Waals surface area contributed by atoms with Crippen LogP contribution in [0.2, 0.25) is 5.02 Å². The van der Waals surface area contributed by atoms with Gasteiger partial charge < -0.3 is 14.2 Å². The Morgan fingerprint density at radius 1 is 1.14 bits per heavy atom. The number of rotatable bonds is 10. The molecule has 0 atom stereocenters. The van der Waals surface area contributed by atoms with Gasteiger partial charge in [0.25, 0.3) is 5.91 Å². The van der Waals surface area contributed by atoms with Crippen LogP contribution in [0, 0.1) is 6.92 Å². The Morgan fingerprint density at radius 2 is 1.89 bits per heavy atom. The van der Waals surface area contributed by atoms with Crippen molar-refractivity contribution in [3.8, 4) is 11.5 Å². The number of carbonyl (C=O) groups is 1. The number of ether oxygens (including phenoxy) is 3. The second-order valence-corrected chi connectivity index (χ2v) is 9.72. The highest BCUT2D eigenvalue weighted by Crippen LogP contribution is 2.35. The monoisotopic (exact) mass is 517 g/mol. The molecule has 188 valence electrons. The number of aromatic nitrogens is 1. The highest BCUT2D eigenvalue weighted by molar-refractivity contribution is 7.22. The number of aryl methyl sites for hydroxylation is 1. The van der Waals surface area contributed by atoms with Gasteiger partial charge >= 0.3 is 0 Å². The highest BCUT2D eigenvalue weighted by atomic mass is 35.5. The molecule has 0 unspecified atom stereocenters. The van der Waals surface area contributed by atoms with Gasteiger partial charge in [-0.2, -0.15) is 0 Å². The lowest BCUT2D eigenvalue weighted by Gasteiger charge is -2.27. The quantitative estimate of drug-likeness (QED) is 0.357. The first-order valence-corrected chi connectivity index (χ1v) is 13.3. The second kappa shape index (κ2) is 12.0. The van der Waals surface area contributed by atoms with Crippen LogP contribution >= 0.6 is 22.9 Å². The molecule has 0 spiro atoms. The lowest BCUT2D eigenvalue weighted by molar-refractivity contribution is 0.0376. The fraction of sp³-hybridized carbons (Fsp3) is 0.462. The van der Waals surface area contributed by atoms with E-state index in [0.29, 0.717) is 47.0 Å². The standard InChI is InChI=1S/C26H32ClN3O4S/c1-4-33-21-9-7-19(17-22(21)34-5-2)25(31)30(12-6-11-29-13-15-32-16-14-29)26-28-24-18(3)20(27)8-10-23(24)35-26/h7-10,17H,4-6,11-16H2,1-3H3. The van der Waals surface area contributed by atoms with E-state index in [1.54, 1.807) is 23.1 Å². The zero-order chi connectivity index (χ0) is 24.8. The van der Waals surface area contributed by atoms with Gasteiger partial charge in [0.1, 0.15) is 0 Å². The minimum Gasteiger partial charge on any atom is -0.490 e. The average molecular weight is 518 g/mol. The molecule has 0 bridgehead atoms. The molecule has 1 aromatic heterocycles. The van der Waals surface area contributed by atoms with Crippen LogP contribution in [0.5, 0.6) is 11.5 Å². The van der Waals surface area contributed by atoms with E-state index in [0.717, 1.165) is 55.0 Å². The van der Waals surface area contributed by atoms with Crippen LogP contribution in [0.4, 0.5) is 5.13 Å². The predicted octanol–water partition coefficient (Wildman–Crippen LogP) is 5.42. The van der Waals surface area contributed by atoms with Crippen molar-refractivity contribution < 1.29 is 19.0 Å². The maximum absolute atomic E-state index is 13.8. The summed E-state index contributed by atoms with van der Waals surface area (Å²) < 4.78 is 17.9. The summed E-state index contributed by atoms with van der Waals surface area (Å²) in [4.78, 5) is 22.8. The maximum Gasteiger partial charge on any atom is 0.260 e. The van der Waals surface area contributed by atoms with Crippen molar-refractivity contribution in [3.63, 3.8) is 0 Å². The molecule has 0 radical (unpaired) electrons. The average Bonchev–Trinajstić information content (AvgIpc) is 3.30. The molecule has 0 N–H and O–H groups in total. The minimum absolute atomic E-state index is 0.112. The number of thiazole rings is 1. The minimum atomic E-state index is -0.112. The van der Waals surface area contributed by atoms with E-state index in [1.807, 2.05) is 32.9 Å². The Labute approximate surface area is 215 Å². The van der Waals surface area contributed by atoms with E-state index in [-0.39, 0.29) is 5.91 Å². The highest BCUT2D eigenvalue weighted by Gasteiger charge is 2.24. The molecule has 9 heteroatoms. The number of halogens is 1. The van der Waals surface area contributed by atoms with Crippen LogP contribution in [0.1, 0.15) is 36.2 Å². The van der Waals surface area contributed by atoms with Gasteiger partial charge in [-0.1, -0.05) is 22.9 Å². The Balaban J connectivity index is 1.63. The zero-order valence-electron chi connectivity index (χ0n) is 20.5. The van der Waals surface area contributed by atoms with Crippen LogP contribution in [-0.4, -0.2) is 68.4 Å². The predicted molar refractivity (Wildman–Crippen MR) is 142 cm³/mol. The van der Waals surface area contributed by atoms with Crippen molar-refractivity contribution in [1.29, 1.82) is 0 Å². The third-order valence-corrected chi connectivity index (χ3v) is 7.42. The van der Waals surface area contributed by atoms with Gasteiger partial charge in [0.05, 0.1) is 36.6 Å². The molecule has 7 nitrogen and oxygen atoms in total. The Kier molecular flexibility index (Phi) is 8.83. The number of morpholine rings is 1. The van der Waals surface area contributed by atoms with E-state index < -0.39 is 0 Å². The summed E-state index contributed by atoms with van der Waals surface area (Å²) in [6, 6.07) is 9.20. The third-order valence-electron chi connectivity index (χ3n) is 5.96. The smallest absolute Gasteiger partial charge is 0.260 e. The van der Waals surface area contributed by atoms with E-state index in [1.165, 1.54) is 11.3 Å².